The summed E-state index contributed by atoms with van der Waals surface area (Å²) in [6.45, 7) is -0.526. The number of carboxylic acids is 1. The zero-order valence-corrected chi connectivity index (χ0v) is 15.2. The van der Waals surface area contributed by atoms with E-state index in [0.29, 0.717) is 5.56 Å². The summed E-state index contributed by atoms with van der Waals surface area (Å²) >= 11 is 0. The Hall–Kier alpha value is -2.74. The number of carboxylic acid groups (broad SMARTS) is 1. The molecule has 1 heterocycles. The molecule has 1 saturated heterocycles. The summed E-state index contributed by atoms with van der Waals surface area (Å²) in [5, 5.41) is 8.94. The first-order chi connectivity index (χ1) is 12.7. The van der Waals surface area contributed by atoms with E-state index in [0.717, 1.165) is 4.90 Å². The van der Waals surface area contributed by atoms with Gasteiger partial charge >= 0.3 is 5.97 Å². The lowest BCUT2D eigenvalue weighted by atomic mass is 10.1. The number of sulfone groups is 1. The molecule has 27 heavy (non-hydrogen) atoms. The summed E-state index contributed by atoms with van der Waals surface area (Å²) in [7, 11) is -3.57. The Kier molecular flexibility index (Phi) is 5.01. The van der Waals surface area contributed by atoms with E-state index in [2.05, 4.69) is 0 Å². The number of carbonyl (C=O) groups excluding carboxylic acids is 1. The third kappa shape index (κ3) is 4.00. The smallest absolute Gasteiger partial charge is 0.343 e. The van der Waals surface area contributed by atoms with Gasteiger partial charge in [-0.1, -0.05) is 30.3 Å². The highest BCUT2D eigenvalue weighted by Crippen LogP contribution is 2.27. The molecule has 0 aliphatic carbocycles. The molecule has 1 atom stereocenters. The van der Waals surface area contributed by atoms with Gasteiger partial charge in [0.2, 0.25) is 5.67 Å². The van der Waals surface area contributed by atoms with Crippen LogP contribution in [0.3, 0.4) is 0 Å². The van der Waals surface area contributed by atoms with E-state index in [1.165, 1.54) is 24.3 Å². The normalized spacial score (nSPS) is 19.8. The average molecular weight is 391 g/mol. The number of nitrogens with zero attached hydrogens (tertiary/aromatic N) is 1. The Morgan fingerprint density at radius 3 is 2.44 bits per heavy atom. The monoisotopic (exact) mass is 391 g/mol. The summed E-state index contributed by atoms with van der Waals surface area (Å²) in [6.07, 6.45) is -0.268. The SMILES string of the molecule is O=C(c1cccc(CS(=O)(=O)c2ccccc2)c1)N1CCC(F)(C(=O)O)C1. The molecule has 0 bridgehead atoms. The van der Waals surface area contributed by atoms with Crippen molar-refractivity contribution < 1.29 is 27.5 Å². The van der Waals surface area contributed by atoms with Crippen LogP contribution in [-0.2, 0) is 20.4 Å². The van der Waals surface area contributed by atoms with E-state index in [9.17, 15) is 22.4 Å². The molecule has 1 N–H and O–H groups in total. The van der Waals surface area contributed by atoms with Gasteiger partial charge in [-0.05, 0) is 29.8 Å². The lowest BCUT2D eigenvalue weighted by molar-refractivity contribution is -0.149. The third-order valence-electron chi connectivity index (χ3n) is 4.52. The molecule has 1 amide bonds. The second kappa shape index (κ2) is 7.11. The minimum Gasteiger partial charge on any atom is -0.479 e. The van der Waals surface area contributed by atoms with Gasteiger partial charge < -0.3 is 10.0 Å². The highest BCUT2D eigenvalue weighted by Gasteiger charge is 2.47. The van der Waals surface area contributed by atoms with Crippen molar-refractivity contribution in [2.45, 2.75) is 22.7 Å². The summed E-state index contributed by atoms with van der Waals surface area (Å²) in [4.78, 5) is 24.9. The number of aliphatic carboxylic acids is 1. The largest absolute Gasteiger partial charge is 0.479 e. The number of alkyl halides is 1. The summed E-state index contributed by atoms with van der Waals surface area (Å²) in [6, 6.07) is 14.1. The zero-order chi connectivity index (χ0) is 19.7. The van der Waals surface area contributed by atoms with Crippen molar-refractivity contribution in [3.63, 3.8) is 0 Å². The van der Waals surface area contributed by atoms with Crippen LogP contribution in [0.25, 0.3) is 0 Å². The van der Waals surface area contributed by atoms with Gasteiger partial charge in [0.05, 0.1) is 17.2 Å². The van der Waals surface area contributed by atoms with Crippen molar-refractivity contribution in [1.82, 2.24) is 4.90 Å². The van der Waals surface area contributed by atoms with Gasteiger partial charge in [0.15, 0.2) is 9.84 Å². The number of rotatable bonds is 5. The maximum absolute atomic E-state index is 14.2. The second-order valence-electron chi connectivity index (χ2n) is 6.52. The van der Waals surface area contributed by atoms with E-state index >= 15 is 0 Å². The fraction of sp³-hybridized carbons (Fsp3) is 0.263. The van der Waals surface area contributed by atoms with Crippen LogP contribution >= 0.6 is 0 Å². The zero-order valence-electron chi connectivity index (χ0n) is 14.3. The minimum atomic E-state index is -3.57. The molecule has 6 nitrogen and oxygen atoms in total. The number of amides is 1. The number of carbonyl (C=O) groups is 2. The number of halogens is 1. The number of hydrogen-bond acceptors (Lipinski definition) is 4. The van der Waals surface area contributed by atoms with E-state index in [4.69, 9.17) is 5.11 Å². The molecule has 1 fully saturated rings. The van der Waals surface area contributed by atoms with Gasteiger partial charge in [-0.25, -0.2) is 17.6 Å². The molecule has 0 aromatic heterocycles. The first kappa shape index (κ1) is 19.0. The van der Waals surface area contributed by atoms with Crippen LogP contribution in [-0.4, -0.2) is 49.1 Å². The highest BCUT2D eigenvalue weighted by atomic mass is 32.2. The standard InChI is InChI=1S/C19H18FNO5S/c20-19(18(23)24)9-10-21(13-19)17(22)15-6-4-5-14(11-15)12-27(25,26)16-7-2-1-3-8-16/h1-8,11H,9-10,12-13H2,(H,23,24). The van der Waals surface area contributed by atoms with E-state index in [1.807, 2.05) is 0 Å². The molecule has 0 saturated carbocycles. The Balaban J connectivity index is 1.78. The first-order valence-corrected chi connectivity index (χ1v) is 9.95. The van der Waals surface area contributed by atoms with E-state index in [1.54, 1.807) is 30.3 Å². The van der Waals surface area contributed by atoms with Crippen molar-refractivity contribution in [1.29, 1.82) is 0 Å². The van der Waals surface area contributed by atoms with Crippen LogP contribution in [0.1, 0.15) is 22.3 Å². The number of hydrogen-bond donors (Lipinski definition) is 1. The number of likely N-dealkylation sites (tertiary alicyclic amines) is 1. The van der Waals surface area contributed by atoms with Crippen LogP contribution in [0.2, 0.25) is 0 Å². The third-order valence-corrected chi connectivity index (χ3v) is 6.23. The molecule has 2 aromatic rings. The van der Waals surface area contributed by atoms with Crippen LogP contribution in [0.5, 0.6) is 0 Å². The predicted octanol–water partition coefficient (Wildman–Crippen LogP) is 2.30. The molecule has 142 valence electrons. The van der Waals surface area contributed by atoms with Crippen molar-refractivity contribution in [2.24, 2.45) is 0 Å². The molecular weight excluding hydrogens is 373 g/mol. The summed E-state index contributed by atoms with van der Waals surface area (Å²) in [5.74, 6) is -2.38. The van der Waals surface area contributed by atoms with Crippen molar-refractivity contribution in [3.05, 3.63) is 65.7 Å². The van der Waals surface area contributed by atoms with Gasteiger partial charge in [-0.2, -0.15) is 0 Å². The quantitative estimate of drug-likeness (QED) is 0.844. The minimum absolute atomic E-state index is 0.00578. The summed E-state index contributed by atoms with van der Waals surface area (Å²) < 4.78 is 39.2. The van der Waals surface area contributed by atoms with Crippen LogP contribution < -0.4 is 0 Å². The van der Waals surface area contributed by atoms with Gasteiger partial charge in [0.25, 0.3) is 5.91 Å². The first-order valence-electron chi connectivity index (χ1n) is 8.30. The number of benzene rings is 2. The second-order valence-corrected chi connectivity index (χ2v) is 8.51. The lowest BCUT2D eigenvalue weighted by Gasteiger charge is -2.18. The van der Waals surface area contributed by atoms with Gasteiger partial charge in [-0.15, -0.1) is 0 Å². The Morgan fingerprint density at radius 2 is 1.81 bits per heavy atom. The van der Waals surface area contributed by atoms with Crippen molar-refractivity contribution in [2.75, 3.05) is 13.1 Å². The maximum Gasteiger partial charge on any atom is 0.343 e. The molecule has 0 spiro atoms. The Labute approximate surface area is 156 Å². The van der Waals surface area contributed by atoms with Crippen LogP contribution in [0.15, 0.2) is 59.5 Å². The van der Waals surface area contributed by atoms with E-state index < -0.39 is 33.9 Å². The Morgan fingerprint density at radius 1 is 1.11 bits per heavy atom. The molecule has 8 heteroatoms. The van der Waals surface area contributed by atoms with Gasteiger partial charge in [0.1, 0.15) is 0 Å². The molecule has 3 rings (SSSR count). The Bertz CT molecular complexity index is 977. The lowest BCUT2D eigenvalue weighted by Crippen LogP contribution is -2.38. The average Bonchev–Trinajstić information content (AvgIpc) is 3.05. The fourth-order valence-electron chi connectivity index (χ4n) is 3.03. The molecule has 1 aliphatic heterocycles. The van der Waals surface area contributed by atoms with Crippen molar-refractivity contribution >= 4 is 21.7 Å². The predicted molar refractivity (Wildman–Crippen MR) is 95.8 cm³/mol. The highest BCUT2D eigenvalue weighted by molar-refractivity contribution is 7.90. The molecule has 2 aromatic carbocycles. The molecular formula is C19H18FNO5S. The van der Waals surface area contributed by atoms with Crippen LogP contribution in [0, 0.1) is 0 Å². The van der Waals surface area contributed by atoms with Gasteiger partial charge in [0, 0.05) is 18.5 Å². The summed E-state index contributed by atoms with van der Waals surface area (Å²) in [5.41, 5.74) is -1.82. The van der Waals surface area contributed by atoms with Crippen LogP contribution in [0.4, 0.5) is 4.39 Å². The van der Waals surface area contributed by atoms with Gasteiger partial charge in [-0.3, -0.25) is 4.79 Å². The molecule has 1 unspecified atom stereocenters. The van der Waals surface area contributed by atoms with E-state index in [-0.39, 0.29) is 29.2 Å². The molecule has 0 radical (unpaired) electrons. The van der Waals surface area contributed by atoms with Crippen molar-refractivity contribution in [3.8, 4) is 0 Å². The fourth-order valence-corrected chi connectivity index (χ4v) is 4.38. The topological polar surface area (TPSA) is 91.8 Å². The maximum atomic E-state index is 14.2. The molecule has 1 aliphatic rings.